The Bertz CT molecular complexity index is 724. The smallest absolute Gasteiger partial charge is 0.268 e. The number of anilines is 1. The lowest BCUT2D eigenvalue weighted by atomic mass is 9.90. The normalized spacial score (nSPS) is 20.0. The first kappa shape index (κ1) is 17.1. The molecule has 1 saturated carbocycles. The summed E-state index contributed by atoms with van der Waals surface area (Å²) in [7, 11) is 0. The number of amides is 1. The Kier molecular flexibility index (Phi) is 5.33. The number of aromatic nitrogens is 1. The first-order chi connectivity index (χ1) is 11.6. The fourth-order valence-electron chi connectivity index (χ4n) is 2.89. The average Bonchev–Trinajstić information content (AvgIpc) is 2.87. The molecule has 0 radical (unpaired) electrons. The summed E-state index contributed by atoms with van der Waals surface area (Å²) in [6.07, 6.45) is 2.46. The molecule has 3 N–H and O–H groups in total. The summed E-state index contributed by atoms with van der Waals surface area (Å²) in [6, 6.07) is 6.03. The largest absolute Gasteiger partial charge is 0.350 e. The molecule has 1 aliphatic carbocycles. The van der Waals surface area contributed by atoms with E-state index in [0.717, 1.165) is 27.9 Å². The van der Waals surface area contributed by atoms with Crippen LogP contribution >= 0.6 is 11.9 Å². The number of halogens is 1. The van der Waals surface area contributed by atoms with Gasteiger partial charge in [-0.25, -0.2) is 4.39 Å². The van der Waals surface area contributed by atoms with E-state index >= 15 is 0 Å². The van der Waals surface area contributed by atoms with Gasteiger partial charge in [0.15, 0.2) is 0 Å². The third-order valence-electron chi connectivity index (χ3n) is 4.49. The third kappa shape index (κ3) is 3.69. The zero-order valence-corrected chi connectivity index (χ0v) is 14.9. The molecule has 24 heavy (non-hydrogen) atoms. The van der Waals surface area contributed by atoms with Crippen LogP contribution in [0.4, 0.5) is 10.1 Å². The number of aromatic amines is 1. The fraction of sp³-hybridized carbons (Fsp3) is 0.500. The number of fused-ring (bicyclic) bond motifs is 1. The topological polar surface area (TPSA) is 56.9 Å². The predicted octanol–water partition coefficient (Wildman–Crippen LogP) is 4.57. The van der Waals surface area contributed by atoms with Crippen LogP contribution in [0.2, 0.25) is 0 Å². The fourth-order valence-corrected chi connectivity index (χ4v) is 3.72. The van der Waals surface area contributed by atoms with Crippen molar-refractivity contribution >= 4 is 34.4 Å². The Morgan fingerprint density at radius 2 is 2.21 bits per heavy atom. The highest BCUT2D eigenvalue weighted by atomic mass is 32.2. The van der Waals surface area contributed by atoms with E-state index in [1.807, 2.05) is 19.1 Å². The number of alkyl halides is 1. The van der Waals surface area contributed by atoms with Gasteiger partial charge in [0, 0.05) is 28.4 Å². The van der Waals surface area contributed by atoms with Gasteiger partial charge in [-0.3, -0.25) is 4.79 Å². The zero-order valence-electron chi connectivity index (χ0n) is 14.1. The van der Waals surface area contributed by atoms with Gasteiger partial charge in [-0.15, -0.1) is 0 Å². The number of hydrogen-bond acceptors (Lipinski definition) is 3. The number of benzene rings is 1. The molecule has 3 rings (SSSR count). The molecule has 0 bridgehead atoms. The second-order valence-electron chi connectivity index (χ2n) is 6.43. The lowest BCUT2D eigenvalue weighted by Crippen LogP contribution is -2.45. The summed E-state index contributed by atoms with van der Waals surface area (Å²) >= 11 is 1.70. The molecule has 0 saturated heterocycles. The van der Waals surface area contributed by atoms with Crippen molar-refractivity contribution in [1.82, 2.24) is 10.3 Å². The van der Waals surface area contributed by atoms with Crippen molar-refractivity contribution in [1.29, 1.82) is 0 Å². The predicted molar refractivity (Wildman–Crippen MR) is 99.4 cm³/mol. The molecule has 130 valence electrons. The number of hydrogen-bond donors (Lipinski definition) is 3. The second kappa shape index (κ2) is 7.47. The lowest BCUT2D eigenvalue weighted by Gasteiger charge is -2.30. The Morgan fingerprint density at radius 3 is 2.92 bits per heavy atom. The number of H-pyrrole nitrogens is 1. The monoisotopic (exact) mass is 349 g/mol. The number of nitrogens with one attached hydrogen (secondary N) is 3. The van der Waals surface area contributed by atoms with Gasteiger partial charge in [0.25, 0.3) is 5.91 Å². The number of unbranched alkanes of at least 4 members (excludes halogenated alkanes) is 1. The van der Waals surface area contributed by atoms with Gasteiger partial charge in [0.05, 0.1) is 0 Å². The number of aryl methyl sites for hydroxylation is 1. The Morgan fingerprint density at radius 1 is 1.42 bits per heavy atom. The maximum atomic E-state index is 12.9. The molecule has 1 aromatic carbocycles. The maximum absolute atomic E-state index is 12.9. The molecule has 0 atom stereocenters. The molecular formula is C18H24FN3OS. The van der Waals surface area contributed by atoms with Crippen LogP contribution in [0.3, 0.4) is 0 Å². The minimum atomic E-state index is -0.766. The molecule has 0 unspecified atom stereocenters. The maximum Gasteiger partial charge on any atom is 0.268 e. The number of carbonyl (C=O) groups is 1. The average molecular weight is 349 g/mol. The van der Waals surface area contributed by atoms with Crippen LogP contribution in [0.5, 0.6) is 0 Å². The van der Waals surface area contributed by atoms with E-state index in [1.54, 1.807) is 11.9 Å². The van der Waals surface area contributed by atoms with Crippen molar-refractivity contribution in [2.75, 3.05) is 10.5 Å². The van der Waals surface area contributed by atoms with E-state index in [9.17, 15) is 9.18 Å². The SMILES string of the molecule is CCCCSNc1ccc2[nH]c(C(=O)NC3CC(F)C3)c(C)c2c1. The molecule has 0 spiro atoms. The summed E-state index contributed by atoms with van der Waals surface area (Å²) in [4.78, 5) is 15.6. The van der Waals surface area contributed by atoms with Crippen molar-refractivity contribution in [2.45, 2.75) is 51.7 Å². The van der Waals surface area contributed by atoms with Crippen LogP contribution in [0, 0.1) is 6.92 Å². The molecule has 1 aromatic heterocycles. The molecule has 2 aromatic rings. The van der Waals surface area contributed by atoms with E-state index in [-0.39, 0.29) is 11.9 Å². The van der Waals surface area contributed by atoms with E-state index in [1.165, 1.54) is 12.8 Å². The molecule has 0 aliphatic heterocycles. The Hall–Kier alpha value is -1.69. The van der Waals surface area contributed by atoms with Gasteiger partial charge < -0.3 is 15.0 Å². The molecule has 1 aliphatic rings. The minimum Gasteiger partial charge on any atom is -0.350 e. The van der Waals surface area contributed by atoms with Crippen LogP contribution < -0.4 is 10.0 Å². The van der Waals surface area contributed by atoms with Crippen LogP contribution in [-0.4, -0.2) is 28.9 Å². The lowest BCUT2D eigenvalue weighted by molar-refractivity contribution is 0.0855. The first-order valence-electron chi connectivity index (χ1n) is 8.53. The highest BCUT2D eigenvalue weighted by Crippen LogP contribution is 2.28. The summed E-state index contributed by atoms with van der Waals surface area (Å²) in [6.45, 7) is 4.13. The van der Waals surface area contributed by atoms with Crippen molar-refractivity contribution in [3.05, 3.63) is 29.5 Å². The summed E-state index contributed by atoms with van der Waals surface area (Å²) < 4.78 is 16.2. The highest BCUT2D eigenvalue weighted by molar-refractivity contribution is 8.00. The van der Waals surface area contributed by atoms with Crippen LogP contribution in [0.15, 0.2) is 18.2 Å². The van der Waals surface area contributed by atoms with Crippen molar-refractivity contribution in [3.8, 4) is 0 Å². The summed E-state index contributed by atoms with van der Waals surface area (Å²) in [5, 5.41) is 3.94. The number of carbonyl (C=O) groups excluding carboxylic acids is 1. The molecule has 1 fully saturated rings. The van der Waals surface area contributed by atoms with Gasteiger partial charge in [-0.1, -0.05) is 25.3 Å². The third-order valence-corrected chi connectivity index (χ3v) is 5.36. The van der Waals surface area contributed by atoms with Gasteiger partial charge >= 0.3 is 0 Å². The molecule has 4 nitrogen and oxygen atoms in total. The number of rotatable bonds is 7. The van der Waals surface area contributed by atoms with Crippen molar-refractivity contribution in [2.24, 2.45) is 0 Å². The van der Waals surface area contributed by atoms with Gasteiger partial charge in [0.1, 0.15) is 11.9 Å². The van der Waals surface area contributed by atoms with Gasteiger partial charge in [-0.2, -0.15) is 0 Å². The van der Waals surface area contributed by atoms with Crippen molar-refractivity contribution < 1.29 is 9.18 Å². The van der Waals surface area contributed by atoms with E-state index in [0.29, 0.717) is 18.5 Å². The zero-order chi connectivity index (χ0) is 17.1. The van der Waals surface area contributed by atoms with Crippen LogP contribution in [0.25, 0.3) is 10.9 Å². The van der Waals surface area contributed by atoms with E-state index in [4.69, 9.17) is 0 Å². The van der Waals surface area contributed by atoms with Gasteiger partial charge in [-0.05, 0) is 49.9 Å². The molecular weight excluding hydrogens is 325 g/mol. The van der Waals surface area contributed by atoms with Crippen molar-refractivity contribution in [3.63, 3.8) is 0 Å². The van der Waals surface area contributed by atoms with E-state index in [2.05, 4.69) is 28.0 Å². The minimum absolute atomic E-state index is 0.0366. The Balaban J connectivity index is 1.71. The highest BCUT2D eigenvalue weighted by Gasteiger charge is 2.30. The van der Waals surface area contributed by atoms with Crippen LogP contribution in [0.1, 0.15) is 48.7 Å². The molecule has 6 heteroatoms. The summed E-state index contributed by atoms with van der Waals surface area (Å²) in [5.41, 5.74) is 3.49. The second-order valence-corrected chi connectivity index (χ2v) is 7.33. The quantitative estimate of drug-likeness (QED) is 0.507. The van der Waals surface area contributed by atoms with E-state index < -0.39 is 6.17 Å². The standard InChI is InChI=1S/C18H24FN3OS/c1-3-4-7-24-22-13-5-6-16-15(10-13)11(2)17(21-16)18(23)20-14-8-12(19)9-14/h5-6,10,12,14,21-22H,3-4,7-9H2,1-2H3,(H,20,23). The first-order valence-corrected chi connectivity index (χ1v) is 9.52. The molecule has 1 amide bonds. The van der Waals surface area contributed by atoms with Gasteiger partial charge in [0.2, 0.25) is 0 Å². The molecule has 1 heterocycles. The van der Waals surface area contributed by atoms with Crippen LogP contribution in [-0.2, 0) is 0 Å². The summed E-state index contributed by atoms with van der Waals surface area (Å²) in [5.74, 6) is 0.929. The Labute approximate surface area is 146 Å².